The quantitative estimate of drug-likeness (QED) is 0.857. The topological polar surface area (TPSA) is 29.9 Å². The minimum Gasteiger partial charge on any atom is -0.328 e. The van der Waals surface area contributed by atoms with Gasteiger partial charge in [-0.2, -0.15) is 0 Å². The van der Waals surface area contributed by atoms with E-state index in [2.05, 4.69) is 33.9 Å². The number of aromatic nitrogens is 2. The predicted octanol–water partition coefficient (Wildman–Crippen LogP) is 2.49. The second-order valence-electron chi connectivity index (χ2n) is 4.96. The molecule has 0 radical (unpaired) electrons. The van der Waals surface area contributed by atoms with Crippen LogP contribution in [0.4, 0.5) is 0 Å². The highest BCUT2D eigenvalue weighted by Gasteiger charge is 2.15. The fourth-order valence-corrected chi connectivity index (χ4v) is 2.75. The van der Waals surface area contributed by atoms with Gasteiger partial charge in [-0.15, -0.1) is 0 Å². The molecular weight excluding hydrogens is 210 g/mol. The SMILES string of the molecule is Cc1cc2cccnc2n1CC1CCCCN1. The minimum atomic E-state index is 0.611. The smallest absolute Gasteiger partial charge is 0.140 e. The summed E-state index contributed by atoms with van der Waals surface area (Å²) in [6, 6.07) is 6.98. The molecule has 3 heterocycles. The third-order valence-electron chi connectivity index (χ3n) is 3.68. The van der Waals surface area contributed by atoms with Crippen molar-refractivity contribution in [2.75, 3.05) is 6.54 Å². The zero-order chi connectivity index (χ0) is 11.7. The Kier molecular flexibility index (Phi) is 2.85. The van der Waals surface area contributed by atoms with Crippen molar-refractivity contribution in [3.05, 3.63) is 30.1 Å². The summed E-state index contributed by atoms with van der Waals surface area (Å²) in [5, 5.41) is 4.85. The van der Waals surface area contributed by atoms with Gasteiger partial charge >= 0.3 is 0 Å². The lowest BCUT2D eigenvalue weighted by atomic mass is 10.1. The molecule has 1 fully saturated rings. The summed E-state index contributed by atoms with van der Waals surface area (Å²) >= 11 is 0. The Labute approximate surface area is 102 Å². The van der Waals surface area contributed by atoms with Crippen molar-refractivity contribution in [1.29, 1.82) is 0 Å². The molecule has 0 saturated carbocycles. The molecule has 0 aliphatic carbocycles. The Hall–Kier alpha value is -1.35. The van der Waals surface area contributed by atoms with Crippen molar-refractivity contribution in [2.24, 2.45) is 0 Å². The van der Waals surface area contributed by atoms with E-state index in [1.54, 1.807) is 0 Å². The molecule has 3 nitrogen and oxygen atoms in total. The molecule has 2 aromatic rings. The van der Waals surface area contributed by atoms with E-state index in [0.29, 0.717) is 6.04 Å². The van der Waals surface area contributed by atoms with Crippen molar-refractivity contribution in [1.82, 2.24) is 14.9 Å². The first-order valence-corrected chi connectivity index (χ1v) is 6.49. The van der Waals surface area contributed by atoms with Crippen LogP contribution in [0.3, 0.4) is 0 Å². The molecule has 3 heteroatoms. The number of nitrogens with one attached hydrogen (secondary N) is 1. The van der Waals surface area contributed by atoms with Gasteiger partial charge in [0.05, 0.1) is 0 Å². The maximum Gasteiger partial charge on any atom is 0.140 e. The third-order valence-corrected chi connectivity index (χ3v) is 3.68. The first-order valence-electron chi connectivity index (χ1n) is 6.49. The van der Waals surface area contributed by atoms with Crippen LogP contribution >= 0.6 is 0 Å². The number of piperidine rings is 1. The van der Waals surface area contributed by atoms with Crippen molar-refractivity contribution in [2.45, 2.75) is 38.8 Å². The zero-order valence-electron chi connectivity index (χ0n) is 10.3. The van der Waals surface area contributed by atoms with Crippen molar-refractivity contribution >= 4 is 11.0 Å². The molecule has 1 N–H and O–H groups in total. The van der Waals surface area contributed by atoms with E-state index < -0.39 is 0 Å². The van der Waals surface area contributed by atoms with Gasteiger partial charge in [0, 0.05) is 29.9 Å². The summed E-state index contributed by atoms with van der Waals surface area (Å²) < 4.78 is 2.35. The van der Waals surface area contributed by atoms with Crippen molar-refractivity contribution < 1.29 is 0 Å². The molecule has 1 saturated heterocycles. The lowest BCUT2D eigenvalue weighted by Crippen LogP contribution is -2.37. The summed E-state index contributed by atoms with van der Waals surface area (Å²) in [5.41, 5.74) is 2.43. The molecule has 17 heavy (non-hydrogen) atoms. The van der Waals surface area contributed by atoms with E-state index in [-0.39, 0.29) is 0 Å². The lowest BCUT2D eigenvalue weighted by Gasteiger charge is -2.24. The molecule has 1 aliphatic heterocycles. The van der Waals surface area contributed by atoms with Gasteiger partial charge < -0.3 is 9.88 Å². The number of nitrogens with zero attached hydrogens (tertiary/aromatic N) is 2. The van der Waals surface area contributed by atoms with E-state index >= 15 is 0 Å². The molecule has 3 rings (SSSR count). The van der Waals surface area contributed by atoms with Gasteiger partial charge in [-0.05, 0) is 44.5 Å². The Morgan fingerprint density at radius 1 is 1.47 bits per heavy atom. The number of hydrogen-bond acceptors (Lipinski definition) is 2. The summed E-state index contributed by atoms with van der Waals surface area (Å²) in [6.45, 7) is 4.38. The first-order chi connectivity index (χ1) is 8.34. The molecule has 0 amide bonds. The molecule has 0 spiro atoms. The number of pyridine rings is 1. The van der Waals surface area contributed by atoms with Crippen LogP contribution in [0.15, 0.2) is 24.4 Å². The molecule has 2 aromatic heterocycles. The average Bonchev–Trinajstić information content (AvgIpc) is 2.68. The molecular formula is C14H19N3. The Bertz CT molecular complexity index is 509. The van der Waals surface area contributed by atoms with Crippen molar-refractivity contribution in [3.8, 4) is 0 Å². The maximum atomic E-state index is 4.50. The Morgan fingerprint density at radius 2 is 2.41 bits per heavy atom. The summed E-state index contributed by atoms with van der Waals surface area (Å²) in [4.78, 5) is 4.50. The van der Waals surface area contributed by atoms with Crippen LogP contribution in [0, 0.1) is 6.92 Å². The normalized spacial score (nSPS) is 20.9. The molecule has 1 atom stereocenters. The third kappa shape index (κ3) is 2.07. The highest BCUT2D eigenvalue weighted by Crippen LogP contribution is 2.19. The van der Waals surface area contributed by atoms with E-state index in [1.165, 1.54) is 30.3 Å². The molecule has 0 bridgehead atoms. The van der Waals surface area contributed by atoms with E-state index in [4.69, 9.17) is 0 Å². The first kappa shape index (κ1) is 10.8. The lowest BCUT2D eigenvalue weighted by molar-refractivity contribution is 0.364. The van der Waals surface area contributed by atoms with Crippen LogP contribution < -0.4 is 5.32 Å². The van der Waals surface area contributed by atoms with Crippen LogP contribution in [0.25, 0.3) is 11.0 Å². The zero-order valence-corrected chi connectivity index (χ0v) is 10.3. The van der Waals surface area contributed by atoms with Gasteiger partial charge in [-0.3, -0.25) is 0 Å². The van der Waals surface area contributed by atoms with E-state index in [1.807, 2.05) is 12.3 Å². The average molecular weight is 229 g/mol. The highest BCUT2D eigenvalue weighted by atomic mass is 15.1. The van der Waals surface area contributed by atoms with E-state index in [0.717, 1.165) is 18.7 Å². The Balaban J connectivity index is 1.90. The summed E-state index contributed by atoms with van der Waals surface area (Å²) in [6.07, 6.45) is 5.84. The number of hydrogen-bond donors (Lipinski definition) is 1. The Morgan fingerprint density at radius 3 is 3.24 bits per heavy atom. The number of fused-ring (bicyclic) bond motifs is 1. The predicted molar refractivity (Wildman–Crippen MR) is 70.1 cm³/mol. The molecule has 0 aromatic carbocycles. The van der Waals surface area contributed by atoms with Crippen molar-refractivity contribution in [3.63, 3.8) is 0 Å². The van der Waals surface area contributed by atoms with Gasteiger partial charge in [0.2, 0.25) is 0 Å². The summed E-state index contributed by atoms with van der Waals surface area (Å²) in [5.74, 6) is 0. The minimum absolute atomic E-state index is 0.611. The van der Waals surface area contributed by atoms with Crippen LogP contribution in [-0.2, 0) is 6.54 Å². The van der Waals surface area contributed by atoms with E-state index in [9.17, 15) is 0 Å². The van der Waals surface area contributed by atoms with Gasteiger partial charge in [0.25, 0.3) is 0 Å². The standard InChI is InChI=1S/C14H19N3/c1-11-9-12-5-4-8-16-14(12)17(11)10-13-6-2-3-7-15-13/h4-5,8-9,13,15H,2-3,6-7,10H2,1H3. The maximum absolute atomic E-state index is 4.50. The molecule has 1 aliphatic rings. The van der Waals surface area contributed by atoms with Gasteiger partial charge in [0.1, 0.15) is 5.65 Å². The fraction of sp³-hybridized carbons (Fsp3) is 0.500. The van der Waals surface area contributed by atoms with Crippen LogP contribution in [0.1, 0.15) is 25.0 Å². The number of aryl methyl sites for hydroxylation is 1. The monoisotopic (exact) mass is 229 g/mol. The fourth-order valence-electron chi connectivity index (χ4n) is 2.75. The second-order valence-corrected chi connectivity index (χ2v) is 4.96. The molecule has 1 unspecified atom stereocenters. The van der Waals surface area contributed by atoms with Crippen LogP contribution in [0.2, 0.25) is 0 Å². The highest BCUT2D eigenvalue weighted by molar-refractivity contribution is 5.77. The number of rotatable bonds is 2. The second kappa shape index (κ2) is 4.49. The van der Waals surface area contributed by atoms with Gasteiger partial charge in [0.15, 0.2) is 0 Å². The van der Waals surface area contributed by atoms with Crippen LogP contribution in [0.5, 0.6) is 0 Å². The van der Waals surface area contributed by atoms with Gasteiger partial charge in [-0.1, -0.05) is 6.42 Å². The molecule has 90 valence electrons. The largest absolute Gasteiger partial charge is 0.328 e. The summed E-state index contributed by atoms with van der Waals surface area (Å²) in [7, 11) is 0. The van der Waals surface area contributed by atoms with Crippen LogP contribution in [-0.4, -0.2) is 22.1 Å². The van der Waals surface area contributed by atoms with Gasteiger partial charge in [-0.25, -0.2) is 4.98 Å².